The number of nitrogens with zero attached hydrogens (tertiary/aromatic N) is 2. The largest absolute Gasteiger partial charge is 0.291 e. The van der Waals surface area contributed by atoms with Gasteiger partial charge in [0.25, 0.3) is 0 Å². The van der Waals surface area contributed by atoms with Crippen LogP contribution < -0.4 is 4.90 Å². The van der Waals surface area contributed by atoms with Crippen molar-refractivity contribution < 1.29 is 13.2 Å². The van der Waals surface area contributed by atoms with Gasteiger partial charge in [0.1, 0.15) is 0 Å². The number of aromatic nitrogens is 1. The number of rotatable bonds is 6. The van der Waals surface area contributed by atoms with Crippen molar-refractivity contribution in [3.05, 3.63) is 24.3 Å². The maximum absolute atomic E-state index is 11.0. The summed E-state index contributed by atoms with van der Waals surface area (Å²) in [7, 11) is 1.60. The van der Waals surface area contributed by atoms with Gasteiger partial charge in [-0.1, -0.05) is 23.5 Å². The van der Waals surface area contributed by atoms with E-state index in [9.17, 15) is 13.2 Å². The first-order chi connectivity index (χ1) is 8.99. The van der Waals surface area contributed by atoms with E-state index >= 15 is 0 Å². The number of para-hydroxylation sites is 1. The Morgan fingerprint density at radius 1 is 1.37 bits per heavy atom. The molecule has 19 heavy (non-hydrogen) atoms. The monoisotopic (exact) mass is 318 g/mol. The molecule has 0 radical (unpaired) electrons. The second-order valence-electron chi connectivity index (χ2n) is 3.86. The Morgan fingerprint density at radius 3 is 2.74 bits per heavy atom. The molecule has 0 saturated carbocycles. The highest BCUT2D eigenvalue weighted by Crippen LogP contribution is 2.27. The van der Waals surface area contributed by atoms with Crippen molar-refractivity contribution in [2.75, 3.05) is 17.2 Å². The average Bonchev–Trinajstić information content (AvgIpc) is 2.76. The van der Waals surface area contributed by atoms with E-state index in [4.69, 9.17) is 10.7 Å². The third-order valence-corrected chi connectivity index (χ3v) is 4.76. The quantitative estimate of drug-likeness (QED) is 0.605. The van der Waals surface area contributed by atoms with Crippen LogP contribution in [0.25, 0.3) is 10.2 Å². The molecule has 1 aromatic heterocycles. The molecular weight excluding hydrogens is 308 g/mol. The third-order valence-electron chi connectivity index (χ3n) is 2.44. The van der Waals surface area contributed by atoms with Crippen LogP contribution in [0.5, 0.6) is 0 Å². The summed E-state index contributed by atoms with van der Waals surface area (Å²) in [5, 5.41) is 0.558. The molecule has 0 aliphatic carbocycles. The van der Waals surface area contributed by atoms with Crippen LogP contribution in [0.1, 0.15) is 6.42 Å². The van der Waals surface area contributed by atoms with Crippen molar-refractivity contribution in [2.24, 2.45) is 0 Å². The maximum atomic E-state index is 11.0. The fraction of sp³-hybridized carbons (Fsp3) is 0.273. The summed E-state index contributed by atoms with van der Waals surface area (Å²) >= 11 is 1.39. The molecule has 0 spiro atoms. The number of halogens is 1. The molecule has 0 bridgehead atoms. The lowest BCUT2D eigenvalue weighted by Crippen LogP contribution is -2.23. The minimum Gasteiger partial charge on any atom is -0.291 e. The van der Waals surface area contributed by atoms with E-state index in [0.29, 0.717) is 11.5 Å². The van der Waals surface area contributed by atoms with Crippen LogP contribution in [0.4, 0.5) is 5.13 Å². The molecule has 0 aliphatic heterocycles. The van der Waals surface area contributed by atoms with Crippen molar-refractivity contribution in [2.45, 2.75) is 6.42 Å². The van der Waals surface area contributed by atoms with Gasteiger partial charge in [-0.2, -0.15) is 0 Å². The van der Waals surface area contributed by atoms with E-state index in [-0.39, 0.29) is 18.7 Å². The first-order valence-corrected chi connectivity index (χ1v) is 8.79. The van der Waals surface area contributed by atoms with Crippen LogP contribution in [0.15, 0.2) is 24.3 Å². The summed E-state index contributed by atoms with van der Waals surface area (Å²) in [6, 6.07) is 7.55. The lowest BCUT2D eigenvalue weighted by atomic mass is 10.3. The fourth-order valence-corrected chi connectivity index (χ4v) is 3.34. The van der Waals surface area contributed by atoms with Gasteiger partial charge in [-0.3, -0.25) is 9.69 Å². The van der Waals surface area contributed by atoms with E-state index in [1.54, 1.807) is 0 Å². The van der Waals surface area contributed by atoms with E-state index in [0.717, 1.165) is 10.2 Å². The molecule has 8 heteroatoms. The Balaban J connectivity index is 2.11. The topological polar surface area (TPSA) is 67.3 Å². The van der Waals surface area contributed by atoms with Crippen molar-refractivity contribution in [1.29, 1.82) is 0 Å². The molecule has 1 heterocycles. The normalized spacial score (nSPS) is 11.6. The van der Waals surface area contributed by atoms with Gasteiger partial charge in [-0.25, -0.2) is 13.4 Å². The van der Waals surface area contributed by atoms with Gasteiger partial charge in [-0.15, -0.1) is 0 Å². The van der Waals surface area contributed by atoms with Gasteiger partial charge >= 0.3 is 0 Å². The predicted octanol–water partition coefficient (Wildman–Crippen LogP) is 2.22. The minimum absolute atomic E-state index is 0.163. The summed E-state index contributed by atoms with van der Waals surface area (Å²) < 4.78 is 22.6. The van der Waals surface area contributed by atoms with Crippen LogP contribution in [0, 0.1) is 0 Å². The zero-order chi connectivity index (χ0) is 13.9. The van der Waals surface area contributed by atoms with Gasteiger partial charge < -0.3 is 0 Å². The molecule has 2 rings (SSSR count). The molecule has 2 aromatic rings. The Kier molecular flexibility index (Phi) is 4.38. The average molecular weight is 319 g/mol. The molecule has 1 amide bonds. The number of hydrogen-bond donors (Lipinski definition) is 0. The highest BCUT2D eigenvalue weighted by Gasteiger charge is 2.13. The summed E-state index contributed by atoms with van der Waals surface area (Å²) in [4.78, 5) is 16.8. The zero-order valence-corrected chi connectivity index (χ0v) is 12.2. The SMILES string of the molecule is O=CN(CCCS(=O)(=O)Cl)c1nc2ccccc2s1. The number of thiazole rings is 1. The van der Waals surface area contributed by atoms with Gasteiger partial charge in [0, 0.05) is 17.2 Å². The van der Waals surface area contributed by atoms with E-state index in [1.165, 1.54) is 16.2 Å². The van der Waals surface area contributed by atoms with Crippen LogP contribution in [-0.4, -0.2) is 32.1 Å². The standard InChI is InChI=1S/C11H11ClN2O3S2/c12-19(16,17)7-3-6-14(8-15)11-13-9-4-1-2-5-10(9)18-11/h1-2,4-5,8H,3,6-7H2. The molecule has 1 aromatic carbocycles. The van der Waals surface area contributed by atoms with Crippen molar-refractivity contribution >= 4 is 52.8 Å². The summed E-state index contributed by atoms with van der Waals surface area (Å²) in [5.41, 5.74) is 0.819. The second kappa shape index (κ2) is 5.85. The molecule has 0 saturated heterocycles. The molecule has 0 unspecified atom stereocenters. The van der Waals surface area contributed by atoms with E-state index in [2.05, 4.69) is 4.98 Å². The van der Waals surface area contributed by atoms with Gasteiger partial charge in [-0.05, 0) is 18.6 Å². The van der Waals surface area contributed by atoms with Crippen LogP contribution in [-0.2, 0) is 13.8 Å². The number of benzene rings is 1. The van der Waals surface area contributed by atoms with E-state index in [1.807, 2.05) is 24.3 Å². The maximum Gasteiger partial charge on any atom is 0.232 e. The Bertz CT molecular complexity index is 651. The molecular formula is C11H11ClN2O3S2. The zero-order valence-electron chi connectivity index (χ0n) is 9.82. The van der Waals surface area contributed by atoms with Crippen LogP contribution >= 0.6 is 22.0 Å². The number of carbonyl (C=O) groups is 1. The number of fused-ring (bicyclic) bond motifs is 1. The van der Waals surface area contributed by atoms with E-state index < -0.39 is 9.05 Å². The molecule has 102 valence electrons. The third kappa shape index (κ3) is 3.89. The predicted molar refractivity (Wildman–Crippen MR) is 77.3 cm³/mol. The first-order valence-electron chi connectivity index (χ1n) is 5.49. The van der Waals surface area contributed by atoms with Crippen molar-refractivity contribution in [3.8, 4) is 0 Å². The smallest absolute Gasteiger partial charge is 0.232 e. The number of carbonyl (C=O) groups excluding carboxylic acids is 1. The molecule has 0 N–H and O–H groups in total. The lowest BCUT2D eigenvalue weighted by molar-refractivity contribution is -0.107. The van der Waals surface area contributed by atoms with Gasteiger partial charge in [0.05, 0.1) is 16.0 Å². The number of anilines is 1. The first kappa shape index (κ1) is 14.2. The molecule has 5 nitrogen and oxygen atoms in total. The summed E-state index contributed by atoms with van der Waals surface area (Å²) in [5.74, 6) is -0.163. The Morgan fingerprint density at radius 2 is 2.11 bits per heavy atom. The number of hydrogen-bond acceptors (Lipinski definition) is 5. The number of amides is 1. The highest BCUT2D eigenvalue weighted by molar-refractivity contribution is 8.13. The van der Waals surface area contributed by atoms with Crippen LogP contribution in [0.3, 0.4) is 0 Å². The van der Waals surface area contributed by atoms with Crippen LogP contribution in [0.2, 0.25) is 0 Å². The van der Waals surface area contributed by atoms with Gasteiger partial charge in [0.2, 0.25) is 15.5 Å². The minimum atomic E-state index is -3.52. The fourth-order valence-electron chi connectivity index (χ4n) is 1.58. The van der Waals surface area contributed by atoms with Crippen molar-refractivity contribution in [1.82, 2.24) is 4.98 Å². The molecule has 0 fully saturated rings. The summed E-state index contributed by atoms with van der Waals surface area (Å²) in [6.07, 6.45) is 0.930. The second-order valence-corrected chi connectivity index (χ2v) is 7.77. The lowest BCUT2D eigenvalue weighted by Gasteiger charge is -2.12. The van der Waals surface area contributed by atoms with Gasteiger partial charge in [0.15, 0.2) is 5.13 Å². The Labute approximate surface area is 119 Å². The highest BCUT2D eigenvalue weighted by atomic mass is 35.7. The molecule has 0 aliphatic rings. The van der Waals surface area contributed by atoms with Crippen molar-refractivity contribution in [3.63, 3.8) is 0 Å². The summed E-state index contributed by atoms with van der Waals surface area (Å²) in [6.45, 7) is 0.273. The Hall–Kier alpha value is -1.18. The molecule has 0 atom stereocenters.